The highest BCUT2D eigenvalue weighted by molar-refractivity contribution is 5.84. The lowest BCUT2D eigenvalue weighted by atomic mass is 9.62. The van der Waals surface area contributed by atoms with E-state index in [0.29, 0.717) is 25.7 Å². The summed E-state index contributed by atoms with van der Waals surface area (Å²) in [5.74, 6) is -1.20. The number of aliphatic carboxylic acids is 1. The zero-order valence-electron chi connectivity index (χ0n) is 16.6. The van der Waals surface area contributed by atoms with Gasteiger partial charge in [0.25, 0.3) is 0 Å². The third-order valence-corrected chi connectivity index (χ3v) is 6.38. The first-order valence-electron chi connectivity index (χ1n) is 10.4. The van der Waals surface area contributed by atoms with Crippen molar-refractivity contribution in [2.75, 3.05) is 0 Å². The highest BCUT2D eigenvalue weighted by Gasteiger charge is 2.42. The Morgan fingerprint density at radius 1 is 1.29 bits per heavy atom. The van der Waals surface area contributed by atoms with Gasteiger partial charge in [-0.15, -0.1) is 6.58 Å². The maximum Gasteiger partial charge on any atom is 0.303 e. The average molecular weight is 391 g/mol. The van der Waals surface area contributed by atoms with Crippen LogP contribution in [0.5, 0.6) is 0 Å². The van der Waals surface area contributed by atoms with Crippen LogP contribution in [-0.2, 0) is 9.59 Å². The van der Waals surface area contributed by atoms with Crippen LogP contribution in [0.25, 0.3) is 0 Å². The number of Topliss-reactive ketones (excluding diaryl/α,β-unsaturated/α-hetero) is 1. The molecule has 0 saturated heterocycles. The number of ketones is 1. The molecule has 2 saturated carbocycles. The maximum atomic E-state index is 12.2. The molecule has 28 heavy (non-hydrogen) atoms. The second-order valence-corrected chi connectivity index (χ2v) is 8.30. The van der Waals surface area contributed by atoms with Gasteiger partial charge in [-0.25, -0.2) is 0 Å². The number of carboxylic acid groups (broad SMARTS) is 1. The average Bonchev–Trinajstić information content (AvgIpc) is 2.87. The topological polar surface area (TPSA) is 94.8 Å². The van der Waals surface area contributed by atoms with Crippen LogP contribution in [0.2, 0.25) is 0 Å². The van der Waals surface area contributed by atoms with E-state index < -0.39 is 18.2 Å². The summed E-state index contributed by atoms with van der Waals surface area (Å²) in [6, 6.07) is 0. The molecule has 0 heterocycles. The number of aliphatic hydroxyl groups excluding tert-OH is 2. The molecule has 156 valence electrons. The van der Waals surface area contributed by atoms with Gasteiger partial charge in [0.2, 0.25) is 0 Å². The van der Waals surface area contributed by atoms with Gasteiger partial charge in [-0.2, -0.15) is 0 Å². The maximum absolute atomic E-state index is 12.2. The number of aliphatic hydroxyl groups is 2. The number of allylic oxidation sites excluding steroid dienone is 3. The first-order valence-corrected chi connectivity index (χ1v) is 10.4. The predicted molar refractivity (Wildman–Crippen MR) is 109 cm³/mol. The summed E-state index contributed by atoms with van der Waals surface area (Å²) in [5.41, 5.74) is -0.0473. The van der Waals surface area contributed by atoms with Crippen LogP contribution in [0.3, 0.4) is 0 Å². The van der Waals surface area contributed by atoms with Crippen LogP contribution < -0.4 is 0 Å². The minimum absolute atomic E-state index is 0.0473. The fourth-order valence-corrected chi connectivity index (χ4v) is 4.47. The summed E-state index contributed by atoms with van der Waals surface area (Å²) < 4.78 is 0. The predicted octanol–water partition coefficient (Wildman–Crippen LogP) is 3.81. The summed E-state index contributed by atoms with van der Waals surface area (Å²) in [7, 11) is 0. The number of carbonyl (C=O) groups excluding carboxylic acids is 1. The first-order chi connectivity index (χ1) is 13.4. The number of carboxylic acids is 1. The normalized spacial score (nSPS) is 27.9. The minimum Gasteiger partial charge on any atom is -0.481 e. The highest BCUT2D eigenvalue weighted by atomic mass is 16.4. The second-order valence-electron chi connectivity index (χ2n) is 8.30. The van der Waals surface area contributed by atoms with Crippen LogP contribution >= 0.6 is 0 Å². The van der Waals surface area contributed by atoms with E-state index in [4.69, 9.17) is 5.11 Å². The van der Waals surface area contributed by atoms with Gasteiger partial charge in [-0.05, 0) is 44.9 Å². The summed E-state index contributed by atoms with van der Waals surface area (Å²) in [6.07, 6.45) is 15.1. The van der Waals surface area contributed by atoms with Gasteiger partial charge in [-0.1, -0.05) is 36.8 Å². The molecule has 1 unspecified atom stereocenters. The summed E-state index contributed by atoms with van der Waals surface area (Å²) >= 11 is 0. The van der Waals surface area contributed by atoms with Crippen molar-refractivity contribution in [2.24, 2.45) is 17.3 Å². The second kappa shape index (κ2) is 10.7. The van der Waals surface area contributed by atoms with Crippen LogP contribution in [0.15, 0.2) is 37.0 Å². The molecule has 0 aromatic carbocycles. The van der Waals surface area contributed by atoms with E-state index in [9.17, 15) is 19.8 Å². The van der Waals surface area contributed by atoms with Crippen LogP contribution in [0.4, 0.5) is 0 Å². The van der Waals surface area contributed by atoms with Crippen molar-refractivity contribution in [1.29, 1.82) is 0 Å². The molecule has 0 aromatic rings. The van der Waals surface area contributed by atoms with Crippen molar-refractivity contribution < 1.29 is 24.9 Å². The van der Waals surface area contributed by atoms with E-state index in [-0.39, 0.29) is 35.9 Å². The van der Waals surface area contributed by atoms with Crippen LogP contribution in [0, 0.1) is 17.3 Å². The summed E-state index contributed by atoms with van der Waals surface area (Å²) in [5, 5.41) is 29.5. The Morgan fingerprint density at radius 3 is 2.64 bits per heavy atom. The lowest BCUT2D eigenvalue weighted by molar-refractivity contribution is -0.137. The molecule has 2 aliphatic carbocycles. The van der Waals surface area contributed by atoms with Crippen LogP contribution in [0.1, 0.15) is 64.2 Å². The Labute approximate surface area is 167 Å². The van der Waals surface area contributed by atoms with Crippen molar-refractivity contribution in [3.05, 3.63) is 37.0 Å². The van der Waals surface area contributed by atoms with E-state index in [1.165, 1.54) is 0 Å². The van der Waals surface area contributed by atoms with E-state index in [2.05, 4.69) is 6.58 Å². The molecule has 4 atom stereocenters. The van der Waals surface area contributed by atoms with Gasteiger partial charge in [0.05, 0.1) is 12.2 Å². The van der Waals surface area contributed by atoms with Gasteiger partial charge in [0, 0.05) is 30.1 Å². The van der Waals surface area contributed by atoms with E-state index >= 15 is 0 Å². The molecule has 5 heteroatoms. The molecule has 3 N–H and O–H groups in total. The van der Waals surface area contributed by atoms with Gasteiger partial charge in [0.1, 0.15) is 5.78 Å². The molecule has 2 rings (SSSR count). The number of rotatable bonds is 12. The molecular formula is C23H34O5. The third kappa shape index (κ3) is 5.89. The Balaban J connectivity index is 1.86. The number of hydrogen-bond acceptors (Lipinski definition) is 4. The molecule has 0 spiro atoms. The summed E-state index contributed by atoms with van der Waals surface area (Å²) in [6.45, 7) is 3.80. The molecule has 0 aliphatic heterocycles. The summed E-state index contributed by atoms with van der Waals surface area (Å²) in [4.78, 5) is 22.7. The zero-order chi connectivity index (χ0) is 20.6. The monoisotopic (exact) mass is 390 g/mol. The van der Waals surface area contributed by atoms with Crippen molar-refractivity contribution in [2.45, 2.75) is 76.4 Å². The van der Waals surface area contributed by atoms with E-state index in [1.807, 2.05) is 30.4 Å². The van der Waals surface area contributed by atoms with Gasteiger partial charge in [0.15, 0.2) is 0 Å². The Bertz CT molecular complexity index is 602. The Kier molecular flexibility index (Phi) is 8.64. The molecule has 5 nitrogen and oxygen atoms in total. The van der Waals surface area contributed by atoms with Crippen molar-refractivity contribution in [1.82, 2.24) is 0 Å². The fraction of sp³-hybridized carbons (Fsp3) is 0.652. The number of hydrogen-bond donors (Lipinski definition) is 3. The van der Waals surface area contributed by atoms with Gasteiger partial charge >= 0.3 is 5.97 Å². The molecule has 0 bridgehead atoms. The molecular weight excluding hydrogens is 356 g/mol. The Hall–Kier alpha value is -1.72. The molecule has 0 amide bonds. The molecule has 2 aliphatic rings. The highest BCUT2D eigenvalue weighted by Crippen LogP contribution is 2.48. The van der Waals surface area contributed by atoms with Gasteiger partial charge in [-0.3, -0.25) is 9.59 Å². The molecule has 0 aromatic heterocycles. The van der Waals surface area contributed by atoms with Crippen LogP contribution in [-0.4, -0.2) is 39.3 Å². The zero-order valence-corrected chi connectivity index (χ0v) is 16.6. The minimum atomic E-state index is -0.799. The Morgan fingerprint density at radius 2 is 2.04 bits per heavy atom. The number of unbranched alkanes of at least 4 members (excludes halogenated alkanes) is 1. The third-order valence-electron chi connectivity index (χ3n) is 6.38. The quantitative estimate of drug-likeness (QED) is 0.348. The van der Waals surface area contributed by atoms with Gasteiger partial charge < -0.3 is 15.3 Å². The van der Waals surface area contributed by atoms with Crippen molar-refractivity contribution >= 4 is 11.8 Å². The standard InChI is InChI=1S/C23H34O5/c1-2-13-23(14-8-15-23)21(26)11-7-10-18-17(19(24)16-20(18)25)9-5-3-4-6-12-22(27)28/h2-3,5,7,10,17-18,20-21,25-26H,1,4,6,8-9,11-16H2,(H,27,28)/b5-3-,10-7+/t17-,18-,20-,21?/m1/s1. The van der Waals surface area contributed by atoms with Crippen molar-refractivity contribution in [3.63, 3.8) is 0 Å². The van der Waals surface area contributed by atoms with E-state index in [0.717, 1.165) is 25.7 Å². The van der Waals surface area contributed by atoms with Crippen molar-refractivity contribution in [3.8, 4) is 0 Å². The SMILES string of the molecule is C=CCC1(C(O)C/C=C/[C@H]2[C@H](O)CC(=O)[C@@H]2C/C=C\CCCC(=O)O)CCC1. The molecule has 2 fully saturated rings. The lowest BCUT2D eigenvalue weighted by Gasteiger charge is -2.45. The van der Waals surface area contributed by atoms with E-state index in [1.54, 1.807) is 0 Å². The fourth-order valence-electron chi connectivity index (χ4n) is 4.47. The number of carbonyl (C=O) groups is 2. The first kappa shape index (κ1) is 22.6. The molecule has 0 radical (unpaired) electrons. The lowest BCUT2D eigenvalue weighted by Crippen LogP contribution is -2.40. The smallest absolute Gasteiger partial charge is 0.303 e. The largest absolute Gasteiger partial charge is 0.481 e.